The minimum Gasteiger partial charge on any atom is -0.487 e. The Hall–Kier alpha value is -3.38. The predicted octanol–water partition coefficient (Wildman–Crippen LogP) is 5.55. The van der Waals surface area contributed by atoms with Gasteiger partial charge in [-0.25, -0.2) is 0 Å². The van der Waals surface area contributed by atoms with Crippen LogP contribution in [0.4, 0.5) is 0 Å². The topological polar surface area (TPSA) is 67.4 Å². The molecule has 5 nitrogen and oxygen atoms in total. The summed E-state index contributed by atoms with van der Waals surface area (Å²) in [5.74, 6) is 0.120. The molecule has 1 unspecified atom stereocenters. The van der Waals surface area contributed by atoms with Gasteiger partial charge < -0.3 is 15.4 Å². The maximum Gasteiger partial charge on any atom is 0.268 e. The largest absolute Gasteiger partial charge is 0.487 e. The van der Waals surface area contributed by atoms with E-state index < -0.39 is 5.60 Å². The fraction of sp³-hybridized carbons (Fsp3) is 0.259. The molecule has 2 amide bonds. The van der Waals surface area contributed by atoms with Crippen LogP contribution in [-0.2, 0) is 4.79 Å². The lowest BCUT2D eigenvalue weighted by Crippen LogP contribution is -2.43. The van der Waals surface area contributed by atoms with Crippen LogP contribution in [-0.4, -0.2) is 17.4 Å². The molecule has 1 atom stereocenters. The summed E-state index contributed by atoms with van der Waals surface area (Å²) >= 11 is 1.50. The lowest BCUT2D eigenvalue weighted by atomic mass is 9.89. The molecule has 3 aromatic rings. The van der Waals surface area contributed by atoms with Gasteiger partial charge in [-0.2, -0.15) is 0 Å². The SMILES string of the molecule is Cc1cccc(C(=O)N/C(=C\c2cccs2)C(=O)NC2CC(C)(C)Oc3ccc(C)cc32)c1. The zero-order valence-corrected chi connectivity index (χ0v) is 20.1. The average molecular weight is 461 g/mol. The number of thiophene rings is 1. The van der Waals surface area contributed by atoms with E-state index in [0.29, 0.717) is 12.0 Å². The Bertz CT molecular complexity index is 1210. The second-order valence-electron chi connectivity index (χ2n) is 9.03. The number of nitrogens with one attached hydrogen (secondary N) is 2. The van der Waals surface area contributed by atoms with E-state index >= 15 is 0 Å². The maximum absolute atomic E-state index is 13.4. The molecule has 1 aliphatic rings. The molecule has 0 saturated carbocycles. The van der Waals surface area contributed by atoms with Gasteiger partial charge in [0.25, 0.3) is 11.8 Å². The number of fused-ring (bicyclic) bond motifs is 1. The molecule has 0 saturated heterocycles. The molecular formula is C27H28N2O3S. The Labute approximate surface area is 198 Å². The van der Waals surface area contributed by atoms with Gasteiger partial charge >= 0.3 is 0 Å². The van der Waals surface area contributed by atoms with E-state index in [2.05, 4.69) is 10.6 Å². The van der Waals surface area contributed by atoms with E-state index in [9.17, 15) is 9.59 Å². The van der Waals surface area contributed by atoms with Gasteiger partial charge in [0.05, 0.1) is 6.04 Å². The van der Waals surface area contributed by atoms with Crippen LogP contribution in [0.25, 0.3) is 6.08 Å². The number of amides is 2. The molecule has 0 radical (unpaired) electrons. The van der Waals surface area contributed by atoms with Crippen molar-refractivity contribution in [3.63, 3.8) is 0 Å². The fourth-order valence-corrected chi connectivity index (χ4v) is 4.65. The molecule has 0 fully saturated rings. The average Bonchev–Trinajstić information content (AvgIpc) is 3.26. The first-order valence-electron chi connectivity index (χ1n) is 10.9. The minimum atomic E-state index is -0.428. The first kappa shape index (κ1) is 22.8. The quantitative estimate of drug-likeness (QED) is 0.490. The van der Waals surface area contributed by atoms with Crippen molar-refractivity contribution in [2.24, 2.45) is 0 Å². The summed E-state index contributed by atoms with van der Waals surface area (Å²) in [5, 5.41) is 7.91. The molecule has 2 N–H and O–H groups in total. The number of aryl methyl sites for hydroxylation is 2. The summed E-state index contributed by atoms with van der Waals surface area (Å²) in [5.41, 5.74) is 3.31. The molecule has 0 aliphatic carbocycles. The summed E-state index contributed by atoms with van der Waals surface area (Å²) in [7, 11) is 0. The van der Waals surface area contributed by atoms with Crippen molar-refractivity contribution in [1.82, 2.24) is 10.6 Å². The number of carbonyl (C=O) groups excluding carboxylic acids is 2. The van der Waals surface area contributed by atoms with Gasteiger partial charge in [-0.15, -0.1) is 11.3 Å². The van der Waals surface area contributed by atoms with E-state index in [0.717, 1.165) is 27.3 Å². The molecule has 33 heavy (non-hydrogen) atoms. The van der Waals surface area contributed by atoms with Crippen molar-refractivity contribution < 1.29 is 14.3 Å². The van der Waals surface area contributed by atoms with Gasteiger partial charge in [0.15, 0.2) is 0 Å². The Balaban J connectivity index is 1.62. The van der Waals surface area contributed by atoms with Crippen molar-refractivity contribution in [3.05, 3.63) is 92.8 Å². The van der Waals surface area contributed by atoms with E-state index in [4.69, 9.17) is 4.74 Å². The smallest absolute Gasteiger partial charge is 0.268 e. The van der Waals surface area contributed by atoms with E-state index in [1.807, 2.05) is 75.5 Å². The third kappa shape index (κ3) is 5.52. The number of carbonyl (C=O) groups is 2. The molecular weight excluding hydrogens is 432 g/mol. The highest BCUT2D eigenvalue weighted by Gasteiger charge is 2.35. The molecule has 1 aliphatic heterocycles. The lowest BCUT2D eigenvalue weighted by molar-refractivity contribution is -0.119. The second-order valence-corrected chi connectivity index (χ2v) is 10.0. The van der Waals surface area contributed by atoms with Gasteiger partial charge in [-0.1, -0.05) is 41.5 Å². The van der Waals surface area contributed by atoms with Crippen molar-refractivity contribution in [1.29, 1.82) is 0 Å². The molecule has 2 heterocycles. The number of benzene rings is 2. The Kier molecular flexibility index (Phi) is 6.38. The highest BCUT2D eigenvalue weighted by molar-refractivity contribution is 7.10. The molecule has 170 valence electrons. The molecule has 0 bridgehead atoms. The third-order valence-electron chi connectivity index (χ3n) is 5.53. The van der Waals surface area contributed by atoms with E-state index in [-0.39, 0.29) is 23.6 Å². The zero-order chi connectivity index (χ0) is 23.6. The predicted molar refractivity (Wildman–Crippen MR) is 132 cm³/mol. The van der Waals surface area contributed by atoms with Crippen LogP contribution in [0.2, 0.25) is 0 Å². The Morgan fingerprint density at radius 1 is 1.06 bits per heavy atom. The van der Waals surface area contributed by atoms with Crippen LogP contribution in [0.3, 0.4) is 0 Å². The van der Waals surface area contributed by atoms with Gasteiger partial charge in [0.2, 0.25) is 0 Å². The molecule has 2 aromatic carbocycles. The minimum absolute atomic E-state index is 0.211. The lowest BCUT2D eigenvalue weighted by Gasteiger charge is -2.38. The van der Waals surface area contributed by atoms with Gasteiger partial charge in [0, 0.05) is 22.4 Å². The number of ether oxygens (including phenoxy) is 1. The third-order valence-corrected chi connectivity index (χ3v) is 6.35. The van der Waals surface area contributed by atoms with Gasteiger partial charge in [0.1, 0.15) is 17.0 Å². The Morgan fingerprint density at radius 2 is 1.85 bits per heavy atom. The summed E-state index contributed by atoms with van der Waals surface area (Å²) in [4.78, 5) is 27.3. The number of hydrogen-bond donors (Lipinski definition) is 2. The van der Waals surface area contributed by atoms with Gasteiger partial charge in [-0.05, 0) is 63.4 Å². The summed E-state index contributed by atoms with van der Waals surface area (Å²) in [6.07, 6.45) is 2.34. The van der Waals surface area contributed by atoms with Crippen molar-refractivity contribution >= 4 is 29.2 Å². The summed E-state index contributed by atoms with van der Waals surface area (Å²) in [6, 6.07) is 16.9. The van der Waals surface area contributed by atoms with Crippen molar-refractivity contribution in [2.75, 3.05) is 0 Å². The first-order chi connectivity index (χ1) is 15.7. The van der Waals surface area contributed by atoms with Crippen LogP contribution in [0.1, 0.15) is 58.2 Å². The number of hydrogen-bond acceptors (Lipinski definition) is 4. The highest BCUT2D eigenvalue weighted by Crippen LogP contribution is 2.40. The van der Waals surface area contributed by atoms with Crippen molar-refractivity contribution in [2.45, 2.75) is 45.8 Å². The van der Waals surface area contributed by atoms with Crippen LogP contribution in [0.15, 0.2) is 65.7 Å². The first-order valence-corrected chi connectivity index (χ1v) is 11.8. The number of rotatable bonds is 5. The standard InChI is InChI=1S/C27H28N2O3S/c1-17-7-5-8-19(13-17)25(30)28-22(15-20-9-6-12-33-20)26(31)29-23-16-27(3,4)32-24-11-10-18(2)14-21(23)24/h5-15,23H,16H2,1-4H3,(H,28,30)(H,29,31)/b22-15-. The van der Waals surface area contributed by atoms with Crippen LogP contribution >= 0.6 is 11.3 Å². The van der Waals surface area contributed by atoms with Crippen LogP contribution in [0, 0.1) is 13.8 Å². The summed E-state index contributed by atoms with van der Waals surface area (Å²) < 4.78 is 6.13. The molecule has 0 spiro atoms. The molecule has 6 heteroatoms. The monoisotopic (exact) mass is 460 g/mol. The van der Waals surface area contributed by atoms with Crippen LogP contribution in [0.5, 0.6) is 5.75 Å². The summed E-state index contributed by atoms with van der Waals surface area (Å²) in [6.45, 7) is 7.97. The van der Waals surface area contributed by atoms with Crippen molar-refractivity contribution in [3.8, 4) is 5.75 Å². The normalized spacial score (nSPS) is 17.0. The van der Waals surface area contributed by atoms with E-state index in [1.54, 1.807) is 18.2 Å². The molecule has 1 aromatic heterocycles. The second kappa shape index (κ2) is 9.24. The van der Waals surface area contributed by atoms with Gasteiger partial charge in [-0.3, -0.25) is 9.59 Å². The van der Waals surface area contributed by atoms with E-state index in [1.165, 1.54) is 11.3 Å². The zero-order valence-electron chi connectivity index (χ0n) is 19.3. The maximum atomic E-state index is 13.4. The Morgan fingerprint density at radius 3 is 2.58 bits per heavy atom. The molecule has 4 rings (SSSR count). The highest BCUT2D eigenvalue weighted by atomic mass is 32.1. The van der Waals surface area contributed by atoms with Crippen LogP contribution < -0.4 is 15.4 Å². The fourth-order valence-electron chi connectivity index (χ4n) is 3.99.